The predicted octanol–water partition coefficient (Wildman–Crippen LogP) is 1.98. The summed E-state index contributed by atoms with van der Waals surface area (Å²) in [6.45, 7) is 1.29. The van der Waals surface area contributed by atoms with Crippen LogP contribution in [0.1, 0.15) is 40.6 Å². The molecule has 10 heteroatoms. The van der Waals surface area contributed by atoms with Crippen molar-refractivity contribution in [1.82, 2.24) is 15.2 Å². The number of carbonyl (C=O) groups is 3. The van der Waals surface area contributed by atoms with Crippen molar-refractivity contribution < 1.29 is 32.3 Å². The van der Waals surface area contributed by atoms with Gasteiger partial charge in [0, 0.05) is 17.4 Å². The topological polar surface area (TPSA) is 89.4 Å². The van der Waals surface area contributed by atoms with Crippen LogP contribution in [0, 0.1) is 13.8 Å². The van der Waals surface area contributed by atoms with Gasteiger partial charge in [-0.05, 0) is 32.8 Å². The molecule has 0 atom stereocenters. The van der Waals surface area contributed by atoms with E-state index in [4.69, 9.17) is 4.74 Å². The zero-order valence-electron chi connectivity index (χ0n) is 13.7. The zero-order chi connectivity index (χ0) is 18.8. The SMILES string of the molecule is Cc1cc(C(=O)OCC(=O)NC(=O)NCC(F)(F)F)c(C)n1C1CC1. The van der Waals surface area contributed by atoms with Gasteiger partial charge in [-0.15, -0.1) is 0 Å². The number of aryl methyl sites for hydroxylation is 1. The molecule has 0 aliphatic heterocycles. The summed E-state index contributed by atoms with van der Waals surface area (Å²) in [7, 11) is 0. The fraction of sp³-hybridized carbons (Fsp3) is 0.533. The molecule has 0 radical (unpaired) electrons. The van der Waals surface area contributed by atoms with Crippen LogP contribution in [-0.2, 0) is 9.53 Å². The first-order valence-electron chi connectivity index (χ1n) is 7.58. The summed E-state index contributed by atoms with van der Waals surface area (Å²) in [4.78, 5) is 34.6. The molecule has 2 N–H and O–H groups in total. The third kappa shape index (κ3) is 5.23. The largest absolute Gasteiger partial charge is 0.452 e. The number of aromatic nitrogens is 1. The van der Waals surface area contributed by atoms with Crippen LogP contribution in [-0.4, -0.2) is 41.8 Å². The monoisotopic (exact) mass is 361 g/mol. The van der Waals surface area contributed by atoms with Crippen LogP contribution in [0.2, 0.25) is 0 Å². The molecule has 1 saturated carbocycles. The van der Waals surface area contributed by atoms with Gasteiger partial charge in [0.15, 0.2) is 6.61 Å². The summed E-state index contributed by atoms with van der Waals surface area (Å²) >= 11 is 0. The van der Waals surface area contributed by atoms with Crippen LogP contribution < -0.4 is 10.6 Å². The molecule has 7 nitrogen and oxygen atoms in total. The number of nitrogens with zero attached hydrogens (tertiary/aromatic N) is 1. The van der Waals surface area contributed by atoms with Gasteiger partial charge in [-0.25, -0.2) is 9.59 Å². The van der Waals surface area contributed by atoms with E-state index in [0.717, 1.165) is 24.2 Å². The lowest BCUT2D eigenvalue weighted by Crippen LogP contribution is -2.44. The van der Waals surface area contributed by atoms with Crippen LogP contribution in [0.4, 0.5) is 18.0 Å². The number of alkyl halides is 3. The van der Waals surface area contributed by atoms with E-state index in [-0.39, 0.29) is 0 Å². The third-order valence-electron chi connectivity index (χ3n) is 3.65. The van der Waals surface area contributed by atoms with E-state index < -0.39 is 37.2 Å². The van der Waals surface area contributed by atoms with Crippen molar-refractivity contribution in [3.63, 3.8) is 0 Å². The number of hydrogen-bond donors (Lipinski definition) is 2. The first kappa shape index (κ1) is 18.8. The molecule has 1 aliphatic rings. The second-order valence-corrected chi connectivity index (χ2v) is 5.81. The van der Waals surface area contributed by atoms with Gasteiger partial charge in [0.25, 0.3) is 5.91 Å². The van der Waals surface area contributed by atoms with Gasteiger partial charge in [-0.1, -0.05) is 0 Å². The van der Waals surface area contributed by atoms with Crippen molar-refractivity contribution in [2.75, 3.05) is 13.2 Å². The Morgan fingerprint density at radius 1 is 1.28 bits per heavy atom. The Labute approximate surface area is 141 Å². The predicted molar refractivity (Wildman–Crippen MR) is 80.1 cm³/mol. The minimum Gasteiger partial charge on any atom is -0.452 e. The van der Waals surface area contributed by atoms with Crippen molar-refractivity contribution in [1.29, 1.82) is 0 Å². The number of imide groups is 1. The molecular formula is C15H18F3N3O4. The molecule has 0 bridgehead atoms. The normalized spacial score (nSPS) is 14.1. The Kier molecular flexibility index (Phi) is 5.39. The molecule has 25 heavy (non-hydrogen) atoms. The highest BCUT2D eigenvalue weighted by Crippen LogP contribution is 2.38. The van der Waals surface area contributed by atoms with E-state index in [1.807, 2.05) is 11.5 Å². The van der Waals surface area contributed by atoms with Crippen molar-refractivity contribution >= 4 is 17.9 Å². The first-order chi connectivity index (χ1) is 11.6. The van der Waals surface area contributed by atoms with Gasteiger partial charge < -0.3 is 14.6 Å². The Morgan fingerprint density at radius 2 is 1.92 bits per heavy atom. The van der Waals surface area contributed by atoms with E-state index in [1.54, 1.807) is 18.3 Å². The molecule has 0 saturated heterocycles. The summed E-state index contributed by atoms with van der Waals surface area (Å²) < 4.78 is 42.6. The number of carbonyl (C=O) groups excluding carboxylic acids is 3. The molecule has 1 aliphatic carbocycles. The van der Waals surface area contributed by atoms with Crippen molar-refractivity contribution in [3.8, 4) is 0 Å². The maximum absolute atomic E-state index is 12.1. The molecule has 1 fully saturated rings. The van der Waals surface area contributed by atoms with Crippen LogP contribution in [0.3, 0.4) is 0 Å². The Bertz CT molecular complexity index is 693. The van der Waals surface area contributed by atoms with Gasteiger partial charge in [0.1, 0.15) is 6.54 Å². The molecule has 0 spiro atoms. The van der Waals surface area contributed by atoms with E-state index in [0.29, 0.717) is 11.6 Å². The Morgan fingerprint density at radius 3 is 2.48 bits per heavy atom. The summed E-state index contributed by atoms with van der Waals surface area (Å²) in [5, 5.41) is 3.12. The van der Waals surface area contributed by atoms with Crippen LogP contribution in [0.25, 0.3) is 0 Å². The highest BCUT2D eigenvalue weighted by molar-refractivity contribution is 5.97. The summed E-state index contributed by atoms with van der Waals surface area (Å²) in [5.41, 5.74) is 1.95. The van der Waals surface area contributed by atoms with Gasteiger partial charge in [-0.3, -0.25) is 10.1 Å². The van der Waals surface area contributed by atoms with Gasteiger partial charge >= 0.3 is 18.2 Å². The molecule has 138 valence electrons. The van der Waals surface area contributed by atoms with Crippen molar-refractivity contribution in [2.24, 2.45) is 0 Å². The minimum absolute atomic E-state index is 0.318. The summed E-state index contributed by atoms with van der Waals surface area (Å²) in [5.74, 6) is -1.75. The van der Waals surface area contributed by atoms with E-state index in [9.17, 15) is 27.6 Å². The van der Waals surface area contributed by atoms with Gasteiger partial charge in [0.05, 0.1) is 5.56 Å². The Balaban J connectivity index is 1.83. The lowest BCUT2D eigenvalue weighted by Gasteiger charge is -2.09. The molecule has 2 rings (SSSR count). The number of nitrogens with one attached hydrogen (secondary N) is 2. The number of halogens is 3. The number of urea groups is 1. The van der Waals surface area contributed by atoms with Crippen LogP contribution in [0.15, 0.2) is 6.07 Å². The second-order valence-electron chi connectivity index (χ2n) is 5.81. The third-order valence-corrected chi connectivity index (χ3v) is 3.65. The molecule has 3 amide bonds. The van der Waals surface area contributed by atoms with Crippen molar-refractivity contribution in [2.45, 2.75) is 38.9 Å². The number of ether oxygens (including phenoxy) is 1. The van der Waals surface area contributed by atoms with E-state index in [1.165, 1.54) is 5.32 Å². The van der Waals surface area contributed by atoms with E-state index >= 15 is 0 Å². The first-order valence-corrected chi connectivity index (χ1v) is 7.58. The maximum Gasteiger partial charge on any atom is 0.405 e. The molecular weight excluding hydrogens is 343 g/mol. The fourth-order valence-corrected chi connectivity index (χ4v) is 2.47. The van der Waals surface area contributed by atoms with Crippen molar-refractivity contribution in [3.05, 3.63) is 23.0 Å². The smallest absolute Gasteiger partial charge is 0.405 e. The van der Waals surface area contributed by atoms with Crippen LogP contribution in [0.5, 0.6) is 0 Å². The highest BCUT2D eigenvalue weighted by atomic mass is 19.4. The van der Waals surface area contributed by atoms with Gasteiger partial charge in [0.2, 0.25) is 0 Å². The van der Waals surface area contributed by atoms with Crippen LogP contribution >= 0.6 is 0 Å². The summed E-state index contributed by atoms with van der Waals surface area (Å²) in [6.07, 6.45) is -2.50. The van der Waals surface area contributed by atoms with E-state index in [2.05, 4.69) is 0 Å². The standard InChI is InChI=1S/C15H18F3N3O4/c1-8-5-11(9(2)21(8)10-3-4-10)13(23)25-6-12(22)20-14(24)19-7-15(16,17)18/h5,10H,3-4,6-7H2,1-2H3,(H2,19,20,22,24). The highest BCUT2D eigenvalue weighted by Gasteiger charge is 2.29. The zero-order valence-corrected chi connectivity index (χ0v) is 13.7. The molecule has 0 unspecified atom stereocenters. The Hall–Kier alpha value is -2.52. The molecule has 1 heterocycles. The average Bonchev–Trinajstić information content (AvgIpc) is 3.28. The van der Waals surface area contributed by atoms with Gasteiger partial charge in [-0.2, -0.15) is 13.2 Å². The average molecular weight is 361 g/mol. The fourth-order valence-electron chi connectivity index (χ4n) is 2.47. The molecule has 0 aromatic carbocycles. The second kappa shape index (κ2) is 7.16. The number of amides is 3. The number of esters is 1. The number of hydrogen-bond acceptors (Lipinski definition) is 4. The maximum atomic E-state index is 12.1. The molecule has 1 aromatic heterocycles. The lowest BCUT2D eigenvalue weighted by molar-refractivity contribution is -0.125. The quantitative estimate of drug-likeness (QED) is 0.785. The molecule has 1 aromatic rings. The lowest BCUT2D eigenvalue weighted by atomic mass is 10.2. The minimum atomic E-state index is -4.59. The summed E-state index contributed by atoms with van der Waals surface area (Å²) in [6, 6.07) is 0.719. The number of rotatable bonds is 5.